The van der Waals surface area contributed by atoms with Gasteiger partial charge in [0.25, 0.3) is 5.91 Å². The molecule has 0 aliphatic rings. The zero-order valence-electron chi connectivity index (χ0n) is 10.9. The number of aromatic nitrogens is 1. The summed E-state index contributed by atoms with van der Waals surface area (Å²) in [5, 5.41) is 2.26. The van der Waals surface area contributed by atoms with E-state index in [4.69, 9.17) is 5.73 Å². The zero-order valence-corrected chi connectivity index (χ0v) is 10.9. The Morgan fingerprint density at radius 1 is 1.29 bits per heavy atom. The van der Waals surface area contributed by atoms with Gasteiger partial charge in [0, 0.05) is 17.8 Å². The molecule has 0 saturated carbocycles. The van der Waals surface area contributed by atoms with Crippen molar-refractivity contribution >= 4 is 11.6 Å². The van der Waals surface area contributed by atoms with Gasteiger partial charge >= 0.3 is 0 Å². The van der Waals surface area contributed by atoms with Crippen LogP contribution in [0.25, 0.3) is 0 Å². The highest BCUT2D eigenvalue weighted by molar-refractivity contribution is 6.02. The Labute approximate surface area is 120 Å². The second kappa shape index (κ2) is 6.59. The van der Waals surface area contributed by atoms with Gasteiger partial charge in [0.05, 0.1) is 12.2 Å². The largest absolute Gasteiger partial charge is 0.320 e. The molecule has 4 nitrogen and oxygen atoms in total. The van der Waals surface area contributed by atoms with Gasteiger partial charge in [-0.15, -0.1) is 0 Å². The lowest BCUT2D eigenvalue weighted by Crippen LogP contribution is -2.14. The van der Waals surface area contributed by atoms with Crippen molar-refractivity contribution in [3.8, 4) is 11.8 Å². The smallest absolute Gasteiger partial charge is 0.274 e. The summed E-state index contributed by atoms with van der Waals surface area (Å²) in [4.78, 5) is 15.8. The normalized spacial score (nSPS) is 9.67. The molecule has 0 atom stereocenters. The molecule has 0 spiro atoms. The van der Waals surface area contributed by atoms with Crippen LogP contribution in [0, 0.1) is 23.5 Å². The number of hydrogen-bond donors (Lipinski definition) is 2. The summed E-state index contributed by atoms with van der Waals surface area (Å²) in [6, 6.07) is 5.83. The first kappa shape index (κ1) is 14.6. The molecule has 0 aliphatic carbocycles. The molecule has 0 unspecified atom stereocenters. The first-order chi connectivity index (χ1) is 10.1. The summed E-state index contributed by atoms with van der Waals surface area (Å²) < 4.78 is 26.4. The number of pyridine rings is 1. The average Bonchev–Trinajstić information content (AvgIpc) is 2.49. The average molecular weight is 287 g/mol. The van der Waals surface area contributed by atoms with Crippen molar-refractivity contribution in [3.05, 3.63) is 59.4 Å². The van der Waals surface area contributed by atoms with Gasteiger partial charge in [-0.3, -0.25) is 4.79 Å². The van der Waals surface area contributed by atoms with Gasteiger partial charge in [0.15, 0.2) is 0 Å². The first-order valence-electron chi connectivity index (χ1n) is 6.01. The van der Waals surface area contributed by atoms with Crippen LogP contribution in [0.15, 0.2) is 36.5 Å². The van der Waals surface area contributed by atoms with E-state index in [0.29, 0.717) is 5.56 Å². The van der Waals surface area contributed by atoms with E-state index < -0.39 is 17.5 Å². The van der Waals surface area contributed by atoms with E-state index in [0.717, 1.165) is 18.2 Å². The van der Waals surface area contributed by atoms with Gasteiger partial charge in [-0.05, 0) is 24.3 Å². The second-order valence-electron chi connectivity index (χ2n) is 4.02. The van der Waals surface area contributed by atoms with Crippen molar-refractivity contribution in [2.24, 2.45) is 5.73 Å². The summed E-state index contributed by atoms with van der Waals surface area (Å²) in [6.07, 6.45) is 1.40. The van der Waals surface area contributed by atoms with E-state index in [9.17, 15) is 13.6 Å². The Morgan fingerprint density at radius 2 is 2.10 bits per heavy atom. The Morgan fingerprint density at radius 3 is 2.76 bits per heavy atom. The van der Waals surface area contributed by atoms with Crippen molar-refractivity contribution in [1.29, 1.82) is 0 Å². The quantitative estimate of drug-likeness (QED) is 0.829. The maximum absolute atomic E-state index is 13.4. The molecule has 0 bridgehead atoms. The topological polar surface area (TPSA) is 68.0 Å². The van der Waals surface area contributed by atoms with Crippen molar-refractivity contribution in [1.82, 2.24) is 4.98 Å². The number of rotatable bonds is 2. The number of carbonyl (C=O) groups is 1. The molecule has 0 fully saturated rings. The molecule has 0 radical (unpaired) electrons. The Hall–Kier alpha value is -2.78. The Kier molecular flexibility index (Phi) is 4.59. The minimum atomic E-state index is -0.727. The summed E-state index contributed by atoms with van der Waals surface area (Å²) in [6.45, 7) is 0.223. The number of carbonyl (C=O) groups excluding carboxylic acids is 1. The molecule has 1 aromatic carbocycles. The number of hydrogen-bond acceptors (Lipinski definition) is 3. The van der Waals surface area contributed by atoms with Crippen LogP contribution in [-0.4, -0.2) is 17.4 Å². The van der Waals surface area contributed by atoms with Crippen molar-refractivity contribution in [2.45, 2.75) is 0 Å². The summed E-state index contributed by atoms with van der Waals surface area (Å²) in [5.41, 5.74) is 5.67. The van der Waals surface area contributed by atoms with Crippen LogP contribution < -0.4 is 11.1 Å². The van der Waals surface area contributed by atoms with Gasteiger partial charge in [0.2, 0.25) is 0 Å². The van der Waals surface area contributed by atoms with Gasteiger partial charge in [-0.25, -0.2) is 13.8 Å². The highest BCUT2D eigenvalue weighted by Crippen LogP contribution is 2.16. The summed E-state index contributed by atoms with van der Waals surface area (Å²) >= 11 is 0. The van der Waals surface area contributed by atoms with E-state index >= 15 is 0 Å². The third-order valence-corrected chi connectivity index (χ3v) is 2.51. The van der Waals surface area contributed by atoms with E-state index in [-0.39, 0.29) is 17.9 Å². The van der Waals surface area contributed by atoms with Gasteiger partial charge in [-0.2, -0.15) is 0 Å². The summed E-state index contributed by atoms with van der Waals surface area (Å²) in [7, 11) is 0. The molecule has 2 aromatic rings. The van der Waals surface area contributed by atoms with Crippen LogP contribution >= 0.6 is 0 Å². The third kappa shape index (κ3) is 3.84. The fourth-order valence-electron chi connectivity index (χ4n) is 1.53. The standard InChI is InChI=1S/C15H11F2N3O/c16-11-4-5-12(17)14(8-11)20-15(21)13-6-3-10(9-19-13)2-1-7-18/h3-6,8-9H,7,18H2,(H,20,21). The van der Waals surface area contributed by atoms with E-state index in [1.165, 1.54) is 12.3 Å². The van der Waals surface area contributed by atoms with Gasteiger partial charge < -0.3 is 11.1 Å². The molecule has 1 amide bonds. The number of nitrogens with two attached hydrogens (primary N) is 1. The molecular weight excluding hydrogens is 276 g/mol. The van der Waals surface area contributed by atoms with E-state index in [1.807, 2.05) is 0 Å². The van der Waals surface area contributed by atoms with Crippen LogP contribution in [0.2, 0.25) is 0 Å². The lowest BCUT2D eigenvalue weighted by atomic mass is 10.2. The lowest BCUT2D eigenvalue weighted by molar-refractivity contribution is 0.102. The number of amides is 1. The van der Waals surface area contributed by atoms with Crippen molar-refractivity contribution in [3.63, 3.8) is 0 Å². The predicted molar refractivity (Wildman–Crippen MR) is 74.5 cm³/mol. The Balaban J connectivity index is 2.15. The zero-order chi connectivity index (χ0) is 15.2. The van der Waals surface area contributed by atoms with Crippen LogP contribution in [-0.2, 0) is 0 Å². The highest BCUT2D eigenvalue weighted by atomic mass is 19.1. The van der Waals surface area contributed by atoms with E-state index in [1.54, 1.807) is 6.07 Å². The van der Waals surface area contributed by atoms with Crippen LogP contribution in [0.3, 0.4) is 0 Å². The number of nitrogens with one attached hydrogen (secondary N) is 1. The van der Waals surface area contributed by atoms with Gasteiger partial charge in [0.1, 0.15) is 17.3 Å². The molecule has 2 rings (SSSR count). The molecule has 21 heavy (non-hydrogen) atoms. The molecule has 0 saturated heterocycles. The molecule has 0 aliphatic heterocycles. The molecule has 3 N–H and O–H groups in total. The maximum atomic E-state index is 13.4. The molecule has 106 valence electrons. The minimum Gasteiger partial charge on any atom is -0.320 e. The minimum absolute atomic E-state index is 0.0666. The number of benzene rings is 1. The van der Waals surface area contributed by atoms with Crippen LogP contribution in [0.4, 0.5) is 14.5 Å². The first-order valence-corrected chi connectivity index (χ1v) is 6.01. The Bertz CT molecular complexity index is 718. The highest BCUT2D eigenvalue weighted by Gasteiger charge is 2.11. The van der Waals surface area contributed by atoms with Crippen LogP contribution in [0.5, 0.6) is 0 Å². The number of anilines is 1. The summed E-state index contributed by atoms with van der Waals surface area (Å²) in [5.74, 6) is 3.40. The molecule has 1 aromatic heterocycles. The van der Waals surface area contributed by atoms with Crippen LogP contribution in [0.1, 0.15) is 16.1 Å². The van der Waals surface area contributed by atoms with Crippen molar-refractivity contribution < 1.29 is 13.6 Å². The number of halogens is 2. The van der Waals surface area contributed by atoms with Crippen molar-refractivity contribution in [2.75, 3.05) is 11.9 Å². The fraction of sp³-hybridized carbons (Fsp3) is 0.0667. The third-order valence-electron chi connectivity index (χ3n) is 2.51. The number of nitrogens with zero attached hydrogens (tertiary/aromatic N) is 1. The monoisotopic (exact) mass is 287 g/mol. The second-order valence-corrected chi connectivity index (χ2v) is 4.02. The molecular formula is C15H11F2N3O. The maximum Gasteiger partial charge on any atom is 0.274 e. The fourth-order valence-corrected chi connectivity index (χ4v) is 1.53. The molecule has 1 heterocycles. The predicted octanol–water partition coefficient (Wildman–Crippen LogP) is 1.92. The SMILES string of the molecule is NCC#Cc1ccc(C(=O)Nc2cc(F)ccc2F)nc1. The van der Waals surface area contributed by atoms with E-state index in [2.05, 4.69) is 22.1 Å². The van der Waals surface area contributed by atoms with Gasteiger partial charge in [-0.1, -0.05) is 11.8 Å². The lowest BCUT2D eigenvalue weighted by Gasteiger charge is -2.06. The molecule has 6 heteroatoms.